The van der Waals surface area contributed by atoms with Crippen LogP contribution in [0.3, 0.4) is 0 Å². The summed E-state index contributed by atoms with van der Waals surface area (Å²) in [4.78, 5) is 11.4. The van der Waals surface area contributed by atoms with Crippen molar-refractivity contribution in [2.45, 2.75) is 38.0 Å². The quantitative estimate of drug-likeness (QED) is 0.912. The summed E-state index contributed by atoms with van der Waals surface area (Å²) >= 11 is 0. The minimum absolute atomic E-state index is 0.0198. The molecule has 2 rings (SSSR count). The summed E-state index contributed by atoms with van der Waals surface area (Å²) in [7, 11) is 0. The van der Waals surface area contributed by atoms with Crippen molar-refractivity contribution < 1.29 is 27.8 Å². The first-order valence-corrected chi connectivity index (χ1v) is 6.45. The van der Waals surface area contributed by atoms with Crippen molar-refractivity contribution in [3.05, 3.63) is 29.8 Å². The molecule has 0 aromatic heterocycles. The molecule has 6 heteroatoms. The molecule has 0 saturated heterocycles. The van der Waals surface area contributed by atoms with Crippen LogP contribution in [-0.4, -0.2) is 17.4 Å². The summed E-state index contributed by atoms with van der Waals surface area (Å²) in [6.07, 6.45) is -1.26. The summed E-state index contributed by atoms with van der Waals surface area (Å²) in [5, 5.41) is 9.35. The molecule has 0 heterocycles. The fourth-order valence-electron chi connectivity index (χ4n) is 2.81. The number of alkyl halides is 3. The van der Waals surface area contributed by atoms with Crippen molar-refractivity contribution in [3.8, 4) is 5.75 Å². The second kappa shape index (κ2) is 5.73. The van der Waals surface area contributed by atoms with Crippen LogP contribution in [0.25, 0.3) is 0 Å². The molecule has 110 valence electrons. The maximum Gasteiger partial charge on any atom is 0.573 e. The fraction of sp³-hybridized carbons (Fsp3) is 0.500. The molecule has 0 radical (unpaired) electrons. The van der Waals surface area contributed by atoms with Gasteiger partial charge in [-0.2, -0.15) is 0 Å². The van der Waals surface area contributed by atoms with Crippen molar-refractivity contribution in [3.63, 3.8) is 0 Å². The fourth-order valence-corrected chi connectivity index (χ4v) is 2.81. The number of hydrogen-bond acceptors (Lipinski definition) is 2. The SMILES string of the molecule is O=C(O)C(c1cccc(OC(F)(F)F)c1)C1CCCC1. The highest BCUT2D eigenvalue weighted by atomic mass is 19.4. The summed E-state index contributed by atoms with van der Waals surface area (Å²) in [6.45, 7) is 0. The Labute approximate surface area is 114 Å². The molecule has 0 spiro atoms. The summed E-state index contributed by atoms with van der Waals surface area (Å²) in [5.41, 5.74) is 0.367. The lowest BCUT2D eigenvalue weighted by Gasteiger charge is -2.20. The first kappa shape index (κ1) is 14.7. The highest BCUT2D eigenvalue weighted by Gasteiger charge is 2.34. The third-order valence-corrected chi connectivity index (χ3v) is 3.59. The minimum Gasteiger partial charge on any atom is -0.481 e. The number of carboxylic acid groups (broad SMARTS) is 1. The summed E-state index contributed by atoms with van der Waals surface area (Å²) in [6, 6.07) is 5.27. The Balaban J connectivity index is 2.24. The predicted octanol–water partition coefficient (Wildman–Crippen LogP) is 3.94. The normalized spacial score (nSPS) is 17.9. The van der Waals surface area contributed by atoms with Crippen LogP contribution in [0, 0.1) is 5.92 Å². The average molecular weight is 288 g/mol. The molecule has 1 saturated carbocycles. The zero-order chi connectivity index (χ0) is 14.8. The Morgan fingerprint density at radius 1 is 1.30 bits per heavy atom. The topological polar surface area (TPSA) is 46.5 Å². The summed E-state index contributed by atoms with van der Waals surface area (Å²) < 4.78 is 40.4. The second-order valence-electron chi connectivity index (χ2n) is 4.98. The van der Waals surface area contributed by atoms with Crippen LogP contribution in [0.2, 0.25) is 0 Å². The third-order valence-electron chi connectivity index (χ3n) is 3.59. The van der Waals surface area contributed by atoms with Gasteiger partial charge in [0.25, 0.3) is 0 Å². The van der Waals surface area contributed by atoms with Gasteiger partial charge in [0, 0.05) is 0 Å². The van der Waals surface area contributed by atoms with Gasteiger partial charge in [0.05, 0.1) is 5.92 Å². The molecule has 0 bridgehead atoms. The van der Waals surface area contributed by atoms with E-state index < -0.39 is 18.2 Å². The molecule has 1 aromatic carbocycles. The van der Waals surface area contributed by atoms with E-state index in [1.54, 1.807) is 6.07 Å². The highest BCUT2D eigenvalue weighted by molar-refractivity contribution is 5.76. The van der Waals surface area contributed by atoms with Gasteiger partial charge in [-0.1, -0.05) is 25.0 Å². The molecule has 0 amide bonds. The number of carbonyl (C=O) groups is 1. The smallest absolute Gasteiger partial charge is 0.481 e. The van der Waals surface area contributed by atoms with Crippen molar-refractivity contribution in [1.82, 2.24) is 0 Å². The molecule has 20 heavy (non-hydrogen) atoms. The number of benzene rings is 1. The average Bonchev–Trinajstić information content (AvgIpc) is 2.80. The van der Waals surface area contributed by atoms with E-state index in [-0.39, 0.29) is 11.7 Å². The Morgan fingerprint density at radius 2 is 1.95 bits per heavy atom. The van der Waals surface area contributed by atoms with Crippen LogP contribution in [0.5, 0.6) is 5.75 Å². The van der Waals surface area contributed by atoms with Gasteiger partial charge in [-0.25, -0.2) is 0 Å². The maximum atomic E-state index is 12.2. The van der Waals surface area contributed by atoms with E-state index in [9.17, 15) is 23.1 Å². The molecule has 1 fully saturated rings. The highest BCUT2D eigenvalue weighted by Crippen LogP contribution is 2.38. The minimum atomic E-state index is -4.77. The Bertz CT molecular complexity index is 479. The maximum absolute atomic E-state index is 12.2. The van der Waals surface area contributed by atoms with Gasteiger partial charge >= 0.3 is 12.3 Å². The van der Waals surface area contributed by atoms with E-state index in [0.717, 1.165) is 25.7 Å². The van der Waals surface area contributed by atoms with Crippen LogP contribution in [0.1, 0.15) is 37.2 Å². The molecule has 1 atom stereocenters. The van der Waals surface area contributed by atoms with Crippen LogP contribution in [-0.2, 0) is 4.79 Å². The van der Waals surface area contributed by atoms with Crippen LogP contribution < -0.4 is 4.74 Å². The molecule has 1 aromatic rings. The van der Waals surface area contributed by atoms with Crippen LogP contribution in [0.15, 0.2) is 24.3 Å². The molecule has 1 aliphatic carbocycles. The van der Waals surface area contributed by atoms with Gasteiger partial charge in [-0.15, -0.1) is 13.2 Å². The van der Waals surface area contributed by atoms with Gasteiger partial charge in [-0.3, -0.25) is 4.79 Å². The third kappa shape index (κ3) is 3.65. The molecule has 0 aliphatic heterocycles. The summed E-state index contributed by atoms with van der Waals surface area (Å²) in [5.74, 6) is -2.16. The Morgan fingerprint density at radius 3 is 2.50 bits per heavy atom. The molecule has 3 nitrogen and oxygen atoms in total. The number of aliphatic carboxylic acids is 1. The van der Waals surface area contributed by atoms with Crippen LogP contribution in [0.4, 0.5) is 13.2 Å². The molecule has 1 N–H and O–H groups in total. The first-order valence-electron chi connectivity index (χ1n) is 6.45. The number of carboxylic acids is 1. The van der Waals surface area contributed by atoms with Crippen molar-refractivity contribution >= 4 is 5.97 Å². The standard InChI is InChI=1S/C14H15F3O3/c15-14(16,17)20-11-7-3-6-10(8-11)12(13(18)19)9-4-1-2-5-9/h3,6-9,12H,1-2,4-5H2,(H,18,19). The van der Waals surface area contributed by atoms with Crippen molar-refractivity contribution in [1.29, 1.82) is 0 Å². The van der Waals surface area contributed by atoms with Gasteiger partial charge in [0.15, 0.2) is 0 Å². The zero-order valence-corrected chi connectivity index (χ0v) is 10.7. The molecular weight excluding hydrogens is 273 g/mol. The van der Waals surface area contributed by atoms with E-state index in [2.05, 4.69) is 4.74 Å². The number of hydrogen-bond donors (Lipinski definition) is 1. The van der Waals surface area contributed by atoms with Crippen LogP contribution >= 0.6 is 0 Å². The lowest BCUT2D eigenvalue weighted by Crippen LogP contribution is -2.20. The Kier molecular flexibility index (Phi) is 4.20. The molecule has 1 aliphatic rings. The van der Waals surface area contributed by atoms with Gasteiger partial charge in [0.2, 0.25) is 0 Å². The van der Waals surface area contributed by atoms with Crippen molar-refractivity contribution in [2.75, 3.05) is 0 Å². The van der Waals surface area contributed by atoms with Gasteiger partial charge in [-0.05, 0) is 36.5 Å². The first-order chi connectivity index (χ1) is 9.37. The zero-order valence-electron chi connectivity index (χ0n) is 10.7. The van der Waals surface area contributed by atoms with Crippen molar-refractivity contribution in [2.24, 2.45) is 5.92 Å². The Hall–Kier alpha value is -1.72. The monoisotopic (exact) mass is 288 g/mol. The lowest BCUT2D eigenvalue weighted by atomic mass is 9.85. The largest absolute Gasteiger partial charge is 0.573 e. The molecular formula is C14H15F3O3. The van der Waals surface area contributed by atoms with E-state index >= 15 is 0 Å². The van der Waals surface area contributed by atoms with E-state index in [4.69, 9.17) is 0 Å². The molecule has 1 unspecified atom stereocenters. The number of rotatable bonds is 4. The number of halogens is 3. The van der Waals surface area contributed by atoms with E-state index in [0.29, 0.717) is 5.56 Å². The number of ether oxygens (including phenoxy) is 1. The van der Waals surface area contributed by atoms with Gasteiger partial charge in [0.1, 0.15) is 5.75 Å². The van der Waals surface area contributed by atoms with Gasteiger partial charge < -0.3 is 9.84 Å². The lowest BCUT2D eigenvalue weighted by molar-refractivity contribution is -0.274. The second-order valence-corrected chi connectivity index (χ2v) is 4.98. The van der Waals surface area contributed by atoms with E-state index in [1.807, 2.05) is 0 Å². The van der Waals surface area contributed by atoms with E-state index in [1.165, 1.54) is 18.2 Å². The predicted molar refractivity (Wildman–Crippen MR) is 65.5 cm³/mol.